The van der Waals surface area contributed by atoms with Gasteiger partial charge in [0.05, 0.1) is 12.1 Å². The lowest BCUT2D eigenvalue weighted by molar-refractivity contribution is 0.293. The van der Waals surface area contributed by atoms with Crippen molar-refractivity contribution in [2.45, 2.75) is 6.61 Å². The van der Waals surface area contributed by atoms with Crippen molar-refractivity contribution in [2.24, 2.45) is 4.99 Å². The molecule has 0 fully saturated rings. The van der Waals surface area contributed by atoms with Crippen LogP contribution in [0.5, 0.6) is 5.88 Å². The number of aromatic nitrogens is 1. The van der Waals surface area contributed by atoms with Crippen LogP contribution in [0.15, 0.2) is 52.1 Å². The van der Waals surface area contributed by atoms with Gasteiger partial charge in [-0.25, -0.2) is 4.98 Å². The van der Waals surface area contributed by atoms with Crippen LogP contribution in [0.25, 0.3) is 0 Å². The fourth-order valence-electron chi connectivity index (χ4n) is 2.00. The first-order valence-electron chi connectivity index (χ1n) is 6.44. The highest BCUT2D eigenvalue weighted by atomic mass is 79.9. The smallest absolute Gasteiger partial charge is 0.224 e. The molecule has 1 aliphatic heterocycles. The molecule has 4 nitrogen and oxygen atoms in total. The van der Waals surface area contributed by atoms with Gasteiger partial charge in [0.25, 0.3) is 0 Å². The van der Waals surface area contributed by atoms with Crippen molar-refractivity contribution >= 4 is 21.8 Å². The lowest BCUT2D eigenvalue weighted by Crippen LogP contribution is -2.20. The van der Waals surface area contributed by atoms with Gasteiger partial charge >= 0.3 is 0 Å². The molecule has 3 rings (SSSR count). The van der Waals surface area contributed by atoms with Crippen molar-refractivity contribution < 1.29 is 4.74 Å². The van der Waals surface area contributed by atoms with E-state index in [1.807, 2.05) is 36.4 Å². The summed E-state index contributed by atoms with van der Waals surface area (Å²) in [6.45, 7) is 2.16. The highest BCUT2D eigenvalue weighted by Gasteiger charge is 2.14. The van der Waals surface area contributed by atoms with Gasteiger partial charge in [0, 0.05) is 17.2 Å². The van der Waals surface area contributed by atoms with E-state index in [1.165, 1.54) is 0 Å². The first-order valence-corrected chi connectivity index (χ1v) is 7.23. The van der Waals surface area contributed by atoms with Crippen LogP contribution in [-0.2, 0) is 6.61 Å². The summed E-state index contributed by atoms with van der Waals surface area (Å²) in [5, 5.41) is 3.24. The van der Waals surface area contributed by atoms with Gasteiger partial charge in [-0.2, -0.15) is 0 Å². The lowest BCUT2D eigenvalue weighted by atomic mass is 10.2. The van der Waals surface area contributed by atoms with Gasteiger partial charge in [0.1, 0.15) is 12.4 Å². The molecule has 1 N–H and O–H groups in total. The summed E-state index contributed by atoms with van der Waals surface area (Å²) in [6, 6.07) is 11.9. The van der Waals surface area contributed by atoms with Gasteiger partial charge in [-0.1, -0.05) is 28.1 Å². The van der Waals surface area contributed by atoms with Gasteiger partial charge in [0.2, 0.25) is 5.88 Å². The Morgan fingerprint density at radius 2 is 2.05 bits per heavy atom. The van der Waals surface area contributed by atoms with E-state index in [0.29, 0.717) is 12.5 Å². The largest absolute Gasteiger partial charge is 0.472 e. The molecule has 2 heterocycles. The maximum Gasteiger partial charge on any atom is 0.224 e. The van der Waals surface area contributed by atoms with Crippen LogP contribution in [0.1, 0.15) is 11.1 Å². The maximum absolute atomic E-state index is 5.83. The first-order chi connectivity index (χ1) is 9.83. The van der Waals surface area contributed by atoms with Crippen molar-refractivity contribution in [2.75, 3.05) is 13.1 Å². The topological polar surface area (TPSA) is 46.5 Å². The van der Waals surface area contributed by atoms with Crippen LogP contribution in [0.3, 0.4) is 0 Å². The van der Waals surface area contributed by atoms with Crippen LogP contribution in [0.4, 0.5) is 0 Å². The Morgan fingerprint density at radius 1 is 1.20 bits per heavy atom. The van der Waals surface area contributed by atoms with Crippen molar-refractivity contribution in [3.05, 3.63) is 58.2 Å². The monoisotopic (exact) mass is 331 g/mol. The number of hydrogen-bond acceptors (Lipinski definition) is 4. The Bertz CT molecular complexity index is 625. The standard InChI is InChI=1S/C15H14BrN3O/c16-12-5-3-11(4-6-12)10-20-15-13(2-1-7-19-15)14-17-8-9-18-14/h1-7H,8-10H2,(H,17,18). The van der Waals surface area contributed by atoms with Crippen LogP contribution >= 0.6 is 15.9 Å². The minimum Gasteiger partial charge on any atom is -0.472 e. The number of benzene rings is 1. The number of ether oxygens (including phenoxy) is 1. The Morgan fingerprint density at radius 3 is 2.80 bits per heavy atom. The predicted octanol–water partition coefficient (Wildman–Crippen LogP) is 2.77. The Labute approximate surface area is 126 Å². The molecule has 0 aliphatic carbocycles. The zero-order valence-electron chi connectivity index (χ0n) is 10.8. The number of amidine groups is 1. The lowest BCUT2D eigenvalue weighted by Gasteiger charge is -2.10. The molecule has 0 saturated carbocycles. The second kappa shape index (κ2) is 6.05. The number of rotatable bonds is 4. The van der Waals surface area contributed by atoms with Crippen molar-refractivity contribution in [3.63, 3.8) is 0 Å². The van der Waals surface area contributed by atoms with Gasteiger partial charge in [-0.05, 0) is 29.8 Å². The van der Waals surface area contributed by atoms with E-state index in [-0.39, 0.29) is 0 Å². The predicted molar refractivity (Wildman–Crippen MR) is 82.1 cm³/mol. The number of nitrogens with zero attached hydrogens (tertiary/aromatic N) is 2. The average molecular weight is 332 g/mol. The van der Waals surface area contributed by atoms with Crippen LogP contribution in [0, 0.1) is 0 Å². The normalized spacial score (nSPS) is 13.8. The van der Waals surface area contributed by atoms with E-state index < -0.39 is 0 Å². The molecule has 5 heteroatoms. The summed E-state index contributed by atoms with van der Waals surface area (Å²) >= 11 is 3.42. The fourth-order valence-corrected chi connectivity index (χ4v) is 2.26. The summed E-state index contributed by atoms with van der Waals surface area (Å²) in [7, 11) is 0. The zero-order chi connectivity index (χ0) is 13.8. The van der Waals surface area contributed by atoms with Gasteiger partial charge in [-0.15, -0.1) is 0 Å². The number of pyridine rings is 1. The Kier molecular flexibility index (Phi) is 3.97. The Hall–Kier alpha value is -1.88. The quantitative estimate of drug-likeness (QED) is 0.937. The summed E-state index contributed by atoms with van der Waals surface area (Å²) in [5.74, 6) is 1.48. The SMILES string of the molecule is Brc1ccc(COc2ncccc2C2=NCCN2)cc1. The maximum atomic E-state index is 5.83. The molecule has 20 heavy (non-hydrogen) atoms. The van der Waals surface area contributed by atoms with E-state index in [9.17, 15) is 0 Å². The molecular weight excluding hydrogens is 318 g/mol. The van der Waals surface area contributed by atoms with Gasteiger partial charge < -0.3 is 10.1 Å². The molecule has 0 spiro atoms. The highest BCUT2D eigenvalue weighted by molar-refractivity contribution is 9.10. The number of hydrogen-bond donors (Lipinski definition) is 1. The summed E-state index contributed by atoms with van der Waals surface area (Å²) < 4.78 is 6.89. The second-order valence-electron chi connectivity index (χ2n) is 4.43. The van der Waals surface area contributed by atoms with Gasteiger partial charge in [-0.3, -0.25) is 4.99 Å². The third-order valence-electron chi connectivity index (χ3n) is 2.99. The van der Waals surface area contributed by atoms with E-state index >= 15 is 0 Å². The molecule has 0 radical (unpaired) electrons. The van der Waals surface area contributed by atoms with E-state index in [4.69, 9.17) is 4.74 Å². The van der Waals surface area contributed by atoms with Crippen LogP contribution < -0.4 is 10.1 Å². The first kappa shape index (κ1) is 13.1. The summed E-state index contributed by atoms with van der Waals surface area (Å²) in [5.41, 5.74) is 2.02. The molecule has 0 unspecified atom stereocenters. The highest BCUT2D eigenvalue weighted by Crippen LogP contribution is 2.18. The van der Waals surface area contributed by atoms with Gasteiger partial charge in [0.15, 0.2) is 0 Å². The third kappa shape index (κ3) is 2.99. The molecule has 1 aromatic carbocycles. The van der Waals surface area contributed by atoms with Crippen LogP contribution in [0.2, 0.25) is 0 Å². The van der Waals surface area contributed by atoms with Crippen molar-refractivity contribution in [1.82, 2.24) is 10.3 Å². The Balaban J connectivity index is 1.75. The minimum atomic E-state index is 0.491. The molecule has 1 aliphatic rings. The molecule has 102 valence electrons. The van der Waals surface area contributed by atoms with E-state index in [1.54, 1.807) is 6.20 Å². The van der Waals surface area contributed by atoms with Crippen molar-refractivity contribution in [1.29, 1.82) is 0 Å². The number of nitrogens with one attached hydrogen (secondary N) is 1. The average Bonchev–Trinajstić information content (AvgIpc) is 3.01. The molecule has 0 saturated heterocycles. The fraction of sp³-hybridized carbons (Fsp3) is 0.200. The van der Waals surface area contributed by atoms with Crippen molar-refractivity contribution in [3.8, 4) is 5.88 Å². The third-order valence-corrected chi connectivity index (χ3v) is 3.52. The number of halogens is 1. The number of aliphatic imine (C=N–C) groups is 1. The molecule has 0 atom stereocenters. The molecule has 0 amide bonds. The van der Waals surface area contributed by atoms with E-state index in [0.717, 1.165) is 34.5 Å². The molecule has 2 aromatic rings. The summed E-state index contributed by atoms with van der Waals surface area (Å²) in [6.07, 6.45) is 1.73. The second-order valence-corrected chi connectivity index (χ2v) is 5.34. The molecule has 1 aromatic heterocycles. The van der Waals surface area contributed by atoms with E-state index in [2.05, 4.69) is 31.2 Å². The minimum absolute atomic E-state index is 0.491. The molecular formula is C15H14BrN3O. The zero-order valence-corrected chi connectivity index (χ0v) is 12.4. The molecule has 0 bridgehead atoms. The summed E-state index contributed by atoms with van der Waals surface area (Å²) in [4.78, 5) is 8.72. The van der Waals surface area contributed by atoms with Crippen LogP contribution in [-0.4, -0.2) is 23.9 Å².